The smallest absolute Gasteiger partial charge is 0.321 e. The second-order valence-corrected chi connectivity index (χ2v) is 6.42. The Labute approximate surface area is 146 Å². The molecule has 5 heteroatoms. The molecule has 0 aliphatic heterocycles. The summed E-state index contributed by atoms with van der Waals surface area (Å²) in [5.41, 5.74) is 6.65. The molecular formula is C20H19N3O2. The minimum atomic E-state index is -0.170. The molecule has 1 N–H and O–H groups in total. The van der Waals surface area contributed by atoms with E-state index in [1.165, 1.54) is 22.3 Å². The Morgan fingerprint density at radius 1 is 1.16 bits per heavy atom. The molecular weight excluding hydrogens is 314 g/mol. The molecule has 0 spiro atoms. The van der Waals surface area contributed by atoms with Gasteiger partial charge >= 0.3 is 6.03 Å². The van der Waals surface area contributed by atoms with Crippen molar-refractivity contribution in [2.75, 3.05) is 12.4 Å². The lowest BCUT2D eigenvalue weighted by Crippen LogP contribution is -2.30. The molecule has 0 fully saturated rings. The monoisotopic (exact) mass is 333 g/mol. The Hall–Kier alpha value is -3.08. The highest BCUT2D eigenvalue weighted by molar-refractivity contribution is 5.90. The van der Waals surface area contributed by atoms with Crippen molar-refractivity contribution in [1.29, 1.82) is 0 Å². The van der Waals surface area contributed by atoms with Crippen LogP contribution >= 0.6 is 0 Å². The molecule has 1 aromatic heterocycles. The van der Waals surface area contributed by atoms with Crippen molar-refractivity contribution in [3.8, 4) is 11.1 Å². The van der Waals surface area contributed by atoms with Gasteiger partial charge in [-0.3, -0.25) is 0 Å². The standard InChI is InChI=1S/C20H19N3O2/c1-13-9-17(22-25-13)12-23(2)20(24)21-16-7-8-19-15(11-16)10-14-5-3-4-6-18(14)19/h3-9,11H,10,12H2,1-2H3,(H,21,24). The topological polar surface area (TPSA) is 58.4 Å². The predicted octanol–water partition coefficient (Wildman–Crippen LogP) is 4.22. The largest absolute Gasteiger partial charge is 0.361 e. The molecule has 2 aromatic carbocycles. The van der Waals surface area contributed by atoms with E-state index < -0.39 is 0 Å². The number of hydrogen-bond donors (Lipinski definition) is 1. The zero-order valence-electron chi connectivity index (χ0n) is 14.2. The molecule has 5 nitrogen and oxygen atoms in total. The summed E-state index contributed by atoms with van der Waals surface area (Å²) in [5, 5.41) is 6.87. The molecule has 0 radical (unpaired) electrons. The molecule has 1 aliphatic rings. The van der Waals surface area contributed by atoms with Crippen molar-refractivity contribution in [2.24, 2.45) is 0 Å². The Kier molecular flexibility index (Phi) is 3.76. The van der Waals surface area contributed by atoms with E-state index in [0.29, 0.717) is 6.54 Å². The average molecular weight is 333 g/mol. The number of rotatable bonds is 3. The summed E-state index contributed by atoms with van der Waals surface area (Å²) in [5.74, 6) is 0.738. The van der Waals surface area contributed by atoms with Crippen molar-refractivity contribution >= 4 is 11.7 Å². The lowest BCUT2D eigenvalue weighted by Gasteiger charge is -2.17. The van der Waals surface area contributed by atoms with E-state index in [9.17, 15) is 4.79 Å². The van der Waals surface area contributed by atoms with Gasteiger partial charge in [0.05, 0.1) is 6.54 Å². The van der Waals surface area contributed by atoms with Gasteiger partial charge in [-0.15, -0.1) is 0 Å². The van der Waals surface area contributed by atoms with Crippen LogP contribution in [0.4, 0.5) is 10.5 Å². The summed E-state index contributed by atoms with van der Waals surface area (Å²) in [6, 6.07) is 16.2. The van der Waals surface area contributed by atoms with Gasteiger partial charge in [-0.2, -0.15) is 0 Å². The van der Waals surface area contributed by atoms with E-state index in [2.05, 4.69) is 46.9 Å². The minimum Gasteiger partial charge on any atom is -0.361 e. The minimum absolute atomic E-state index is 0.170. The van der Waals surface area contributed by atoms with Crippen molar-refractivity contribution in [3.05, 3.63) is 71.1 Å². The van der Waals surface area contributed by atoms with Gasteiger partial charge in [-0.25, -0.2) is 4.79 Å². The lowest BCUT2D eigenvalue weighted by molar-refractivity contribution is 0.219. The highest BCUT2D eigenvalue weighted by Gasteiger charge is 2.19. The maximum atomic E-state index is 12.4. The molecule has 25 heavy (non-hydrogen) atoms. The van der Waals surface area contributed by atoms with E-state index in [1.807, 2.05) is 19.1 Å². The van der Waals surface area contributed by atoms with Crippen LogP contribution in [0.1, 0.15) is 22.6 Å². The van der Waals surface area contributed by atoms with Gasteiger partial charge in [0.1, 0.15) is 11.5 Å². The van der Waals surface area contributed by atoms with Gasteiger partial charge in [0.2, 0.25) is 0 Å². The van der Waals surface area contributed by atoms with Crippen molar-refractivity contribution in [2.45, 2.75) is 19.9 Å². The number of aromatic nitrogens is 1. The van der Waals surface area contributed by atoms with Gasteiger partial charge < -0.3 is 14.7 Å². The van der Waals surface area contributed by atoms with Crippen LogP contribution in [0.5, 0.6) is 0 Å². The molecule has 0 unspecified atom stereocenters. The third kappa shape index (κ3) is 3.01. The van der Waals surface area contributed by atoms with Crippen molar-refractivity contribution in [1.82, 2.24) is 10.1 Å². The molecule has 0 bridgehead atoms. The number of benzene rings is 2. The molecule has 4 rings (SSSR count). The van der Waals surface area contributed by atoms with Crippen LogP contribution < -0.4 is 5.32 Å². The molecule has 126 valence electrons. The number of nitrogens with zero attached hydrogens (tertiary/aromatic N) is 2. The molecule has 1 aliphatic carbocycles. The first kappa shape index (κ1) is 15.4. The first-order valence-electron chi connectivity index (χ1n) is 8.25. The normalized spacial score (nSPS) is 11.8. The van der Waals surface area contributed by atoms with Crippen LogP contribution in [-0.2, 0) is 13.0 Å². The molecule has 3 aromatic rings. The molecule has 2 amide bonds. The van der Waals surface area contributed by atoms with Crippen molar-refractivity contribution in [3.63, 3.8) is 0 Å². The second-order valence-electron chi connectivity index (χ2n) is 6.42. The summed E-state index contributed by atoms with van der Waals surface area (Å²) in [4.78, 5) is 14.0. The van der Waals surface area contributed by atoms with E-state index >= 15 is 0 Å². The number of nitrogens with one attached hydrogen (secondary N) is 1. The SMILES string of the molecule is Cc1cc(CN(C)C(=O)Nc2ccc3c(c2)Cc2ccccc2-3)no1. The van der Waals surface area contributed by atoms with Gasteiger partial charge in [-0.05, 0) is 47.7 Å². The van der Waals surface area contributed by atoms with E-state index in [1.54, 1.807) is 11.9 Å². The van der Waals surface area contributed by atoms with E-state index in [-0.39, 0.29) is 6.03 Å². The van der Waals surface area contributed by atoms with Crippen LogP contribution in [0.2, 0.25) is 0 Å². The van der Waals surface area contributed by atoms with Gasteiger partial charge in [0.25, 0.3) is 0 Å². The highest BCUT2D eigenvalue weighted by Crippen LogP contribution is 2.37. The summed E-state index contributed by atoms with van der Waals surface area (Å²) in [7, 11) is 1.74. The fourth-order valence-corrected chi connectivity index (χ4v) is 3.25. The van der Waals surface area contributed by atoms with Gasteiger partial charge in [0.15, 0.2) is 0 Å². The van der Waals surface area contributed by atoms with Crippen LogP contribution in [0.3, 0.4) is 0 Å². The second kappa shape index (κ2) is 6.09. The maximum absolute atomic E-state index is 12.4. The fraction of sp³-hybridized carbons (Fsp3) is 0.200. The third-order valence-corrected chi connectivity index (χ3v) is 4.47. The maximum Gasteiger partial charge on any atom is 0.321 e. The highest BCUT2D eigenvalue weighted by atomic mass is 16.5. The van der Waals surface area contributed by atoms with Crippen LogP contribution in [0.25, 0.3) is 11.1 Å². The third-order valence-electron chi connectivity index (χ3n) is 4.47. The molecule has 0 atom stereocenters. The Bertz CT molecular complexity index is 946. The summed E-state index contributed by atoms with van der Waals surface area (Å²) < 4.78 is 5.04. The summed E-state index contributed by atoms with van der Waals surface area (Å²) in [6.07, 6.45) is 0.906. The van der Waals surface area contributed by atoms with E-state index in [4.69, 9.17) is 4.52 Å². The van der Waals surface area contributed by atoms with Crippen LogP contribution in [0, 0.1) is 6.92 Å². The number of hydrogen-bond acceptors (Lipinski definition) is 3. The summed E-state index contributed by atoms with van der Waals surface area (Å²) in [6.45, 7) is 2.23. The number of anilines is 1. The average Bonchev–Trinajstić information content (AvgIpc) is 3.17. The summed E-state index contributed by atoms with van der Waals surface area (Å²) >= 11 is 0. The zero-order chi connectivity index (χ0) is 17.4. The number of urea groups is 1. The van der Waals surface area contributed by atoms with Crippen molar-refractivity contribution < 1.29 is 9.32 Å². The van der Waals surface area contributed by atoms with Gasteiger partial charge in [0, 0.05) is 18.8 Å². The molecule has 0 saturated heterocycles. The Balaban J connectivity index is 1.46. The van der Waals surface area contributed by atoms with Crippen LogP contribution in [-0.4, -0.2) is 23.1 Å². The predicted molar refractivity (Wildman–Crippen MR) is 96.4 cm³/mol. The Morgan fingerprint density at radius 2 is 1.96 bits per heavy atom. The zero-order valence-corrected chi connectivity index (χ0v) is 14.2. The number of amides is 2. The number of aryl methyl sites for hydroxylation is 1. The van der Waals surface area contributed by atoms with Crippen LogP contribution in [0.15, 0.2) is 53.1 Å². The first-order chi connectivity index (χ1) is 12.1. The quantitative estimate of drug-likeness (QED) is 0.611. The number of fused-ring (bicyclic) bond motifs is 3. The number of carbonyl (C=O) groups excluding carboxylic acids is 1. The lowest BCUT2D eigenvalue weighted by atomic mass is 10.1. The number of carbonyl (C=O) groups is 1. The molecule has 0 saturated carbocycles. The molecule has 1 heterocycles. The fourth-order valence-electron chi connectivity index (χ4n) is 3.25. The Morgan fingerprint density at radius 3 is 2.76 bits per heavy atom. The van der Waals surface area contributed by atoms with Gasteiger partial charge in [-0.1, -0.05) is 35.5 Å². The first-order valence-corrected chi connectivity index (χ1v) is 8.25. The van der Waals surface area contributed by atoms with E-state index in [0.717, 1.165) is 23.6 Å².